The van der Waals surface area contributed by atoms with Crippen LogP contribution in [0.3, 0.4) is 0 Å². The predicted molar refractivity (Wildman–Crippen MR) is 123 cm³/mol. The van der Waals surface area contributed by atoms with Gasteiger partial charge in [-0.15, -0.1) is 0 Å². The monoisotopic (exact) mass is 454 g/mol. The molecule has 7 nitrogen and oxygen atoms in total. The van der Waals surface area contributed by atoms with Crippen LogP contribution in [0, 0.1) is 5.92 Å². The molecule has 1 aliphatic carbocycles. The third-order valence-electron chi connectivity index (χ3n) is 7.19. The Hall–Kier alpha value is -2.38. The highest BCUT2D eigenvalue weighted by Gasteiger charge is 2.51. The highest BCUT2D eigenvalue weighted by atomic mass is 16.5. The van der Waals surface area contributed by atoms with Crippen molar-refractivity contribution in [3.63, 3.8) is 0 Å². The number of amides is 1. The lowest BCUT2D eigenvalue weighted by Crippen LogP contribution is -2.43. The molecule has 178 valence electrons. The fourth-order valence-electron chi connectivity index (χ4n) is 5.54. The van der Waals surface area contributed by atoms with Gasteiger partial charge in [0.2, 0.25) is 0 Å². The average molecular weight is 455 g/mol. The Morgan fingerprint density at radius 3 is 2.48 bits per heavy atom. The molecule has 3 heterocycles. The molecule has 1 saturated carbocycles. The van der Waals surface area contributed by atoms with E-state index < -0.39 is 6.04 Å². The molecule has 0 radical (unpaired) electrons. The van der Waals surface area contributed by atoms with Crippen molar-refractivity contribution in [3.8, 4) is 5.75 Å². The molecule has 7 heteroatoms. The van der Waals surface area contributed by atoms with Crippen LogP contribution in [-0.4, -0.2) is 73.1 Å². The van der Waals surface area contributed by atoms with Gasteiger partial charge in [0.25, 0.3) is 5.91 Å². The van der Waals surface area contributed by atoms with Crippen molar-refractivity contribution in [2.45, 2.75) is 57.8 Å². The van der Waals surface area contributed by atoms with E-state index in [0.29, 0.717) is 25.3 Å². The van der Waals surface area contributed by atoms with Gasteiger partial charge in [-0.1, -0.05) is 18.6 Å². The van der Waals surface area contributed by atoms with Crippen molar-refractivity contribution < 1.29 is 23.8 Å². The van der Waals surface area contributed by atoms with E-state index in [4.69, 9.17) is 14.2 Å². The zero-order chi connectivity index (χ0) is 22.9. The van der Waals surface area contributed by atoms with Crippen LogP contribution >= 0.6 is 0 Å². The van der Waals surface area contributed by atoms with Gasteiger partial charge >= 0.3 is 0 Å². The van der Waals surface area contributed by atoms with E-state index in [1.165, 1.54) is 0 Å². The van der Waals surface area contributed by atoms with Gasteiger partial charge in [-0.05, 0) is 50.8 Å². The topological polar surface area (TPSA) is 68.3 Å². The van der Waals surface area contributed by atoms with Crippen molar-refractivity contribution >= 4 is 11.7 Å². The van der Waals surface area contributed by atoms with E-state index in [9.17, 15) is 9.59 Å². The molecule has 3 unspecified atom stereocenters. The Balaban J connectivity index is 1.45. The lowest BCUT2D eigenvalue weighted by molar-refractivity contribution is -0.135. The van der Waals surface area contributed by atoms with Gasteiger partial charge in [-0.25, -0.2) is 0 Å². The minimum absolute atomic E-state index is 0.0831. The van der Waals surface area contributed by atoms with Gasteiger partial charge in [-0.3, -0.25) is 14.5 Å². The number of fused-ring (bicyclic) bond motifs is 1. The van der Waals surface area contributed by atoms with Gasteiger partial charge in [0.15, 0.2) is 11.5 Å². The van der Waals surface area contributed by atoms with Gasteiger partial charge < -0.3 is 19.1 Å². The first-order valence-corrected chi connectivity index (χ1v) is 12.4. The largest absolute Gasteiger partial charge is 0.491 e. The summed E-state index contributed by atoms with van der Waals surface area (Å²) in [6.07, 6.45) is 3.71. The molecule has 3 aliphatic heterocycles. The Labute approximate surface area is 195 Å². The first-order chi connectivity index (χ1) is 16.0. The second kappa shape index (κ2) is 9.47. The third-order valence-corrected chi connectivity index (χ3v) is 7.19. The third kappa shape index (κ3) is 4.41. The molecule has 0 aromatic heterocycles. The van der Waals surface area contributed by atoms with Gasteiger partial charge in [-0.2, -0.15) is 0 Å². The Kier molecular flexibility index (Phi) is 6.43. The standard InChI is InChI=1S/C26H34N2O5/c1-17(2)32-19-9-7-18(8-10-19)23-22-24(29)20-5-3-4-6-21(20)33-25(22)26(30)28(23)12-11-27-13-15-31-16-14-27/h7-10,17,20-21,23H,3-6,11-16H2,1-2H3. The number of benzene rings is 1. The summed E-state index contributed by atoms with van der Waals surface area (Å²) in [7, 11) is 0. The van der Waals surface area contributed by atoms with E-state index in [1.54, 1.807) is 0 Å². The molecule has 4 aliphatic rings. The van der Waals surface area contributed by atoms with Crippen LogP contribution in [0.1, 0.15) is 51.1 Å². The average Bonchev–Trinajstić information content (AvgIpc) is 3.10. The second-order valence-corrected chi connectivity index (χ2v) is 9.75. The van der Waals surface area contributed by atoms with Gasteiger partial charge in [0, 0.05) is 26.2 Å². The summed E-state index contributed by atoms with van der Waals surface area (Å²) in [4.78, 5) is 31.4. The minimum Gasteiger partial charge on any atom is -0.491 e. The number of hydrogen-bond donors (Lipinski definition) is 0. The van der Waals surface area contributed by atoms with Crippen molar-refractivity contribution in [1.82, 2.24) is 9.80 Å². The lowest BCUT2D eigenvalue weighted by atomic mass is 9.77. The first-order valence-electron chi connectivity index (χ1n) is 12.4. The fraction of sp³-hybridized carbons (Fsp3) is 0.615. The Morgan fingerprint density at radius 2 is 1.76 bits per heavy atom. The number of carbonyl (C=O) groups excluding carboxylic acids is 2. The molecule has 33 heavy (non-hydrogen) atoms. The Bertz CT molecular complexity index is 919. The minimum atomic E-state index is -0.406. The SMILES string of the molecule is CC(C)Oc1ccc(C2C3=C(OC4CCCCC4C3=O)C(=O)N2CCN2CCOCC2)cc1. The second-order valence-electron chi connectivity index (χ2n) is 9.75. The van der Waals surface area contributed by atoms with E-state index in [0.717, 1.165) is 56.6 Å². The maximum absolute atomic E-state index is 13.7. The molecule has 1 aromatic carbocycles. The van der Waals surface area contributed by atoms with Crippen molar-refractivity contribution in [3.05, 3.63) is 41.2 Å². The zero-order valence-corrected chi connectivity index (χ0v) is 19.6. The van der Waals surface area contributed by atoms with Crippen molar-refractivity contribution in [1.29, 1.82) is 0 Å². The summed E-state index contributed by atoms with van der Waals surface area (Å²) in [5.41, 5.74) is 1.49. The lowest BCUT2D eigenvalue weighted by Gasteiger charge is -2.35. The number of ketones is 1. The number of ether oxygens (including phenoxy) is 3. The maximum Gasteiger partial charge on any atom is 0.290 e. The van der Waals surface area contributed by atoms with Crippen LogP contribution in [0.5, 0.6) is 5.75 Å². The molecular formula is C26H34N2O5. The van der Waals surface area contributed by atoms with E-state index in [-0.39, 0.29) is 35.6 Å². The molecule has 5 rings (SSSR count). The number of nitrogens with zero attached hydrogens (tertiary/aromatic N) is 2. The molecule has 3 atom stereocenters. The number of Topliss-reactive ketones (excluding diaryl/α,β-unsaturated/α-hetero) is 1. The van der Waals surface area contributed by atoms with Crippen molar-refractivity contribution in [2.24, 2.45) is 5.92 Å². The van der Waals surface area contributed by atoms with Crippen LogP contribution in [0.2, 0.25) is 0 Å². The number of hydrogen-bond acceptors (Lipinski definition) is 6. The van der Waals surface area contributed by atoms with Crippen molar-refractivity contribution in [2.75, 3.05) is 39.4 Å². The Morgan fingerprint density at radius 1 is 1.03 bits per heavy atom. The molecule has 1 amide bonds. The van der Waals surface area contributed by atoms with Gasteiger partial charge in [0.1, 0.15) is 11.9 Å². The summed E-state index contributed by atoms with van der Waals surface area (Å²) >= 11 is 0. The van der Waals surface area contributed by atoms with E-state index in [2.05, 4.69) is 4.90 Å². The van der Waals surface area contributed by atoms with Crippen LogP contribution in [-0.2, 0) is 19.1 Å². The normalized spacial score (nSPS) is 28.1. The van der Waals surface area contributed by atoms with Crippen LogP contribution in [0.15, 0.2) is 35.6 Å². The molecular weight excluding hydrogens is 420 g/mol. The summed E-state index contributed by atoms with van der Waals surface area (Å²) in [5.74, 6) is 0.901. The number of carbonyl (C=O) groups is 2. The maximum atomic E-state index is 13.7. The molecule has 0 N–H and O–H groups in total. The summed E-state index contributed by atoms with van der Waals surface area (Å²) in [6, 6.07) is 7.41. The predicted octanol–water partition coefficient (Wildman–Crippen LogP) is 3.10. The molecule has 0 spiro atoms. The highest BCUT2D eigenvalue weighted by Crippen LogP contribution is 2.46. The quantitative estimate of drug-likeness (QED) is 0.658. The zero-order valence-electron chi connectivity index (χ0n) is 19.6. The van der Waals surface area contributed by atoms with Crippen LogP contribution in [0.4, 0.5) is 0 Å². The van der Waals surface area contributed by atoms with Crippen LogP contribution in [0.25, 0.3) is 0 Å². The summed E-state index contributed by atoms with van der Waals surface area (Å²) in [6.45, 7) is 8.44. The number of rotatable bonds is 6. The molecule has 0 bridgehead atoms. The number of morpholine rings is 1. The van der Waals surface area contributed by atoms with Gasteiger partial charge in [0.05, 0.1) is 36.9 Å². The highest BCUT2D eigenvalue weighted by molar-refractivity contribution is 6.11. The summed E-state index contributed by atoms with van der Waals surface area (Å²) in [5, 5.41) is 0. The van der Waals surface area contributed by atoms with E-state index >= 15 is 0 Å². The smallest absolute Gasteiger partial charge is 0.290 e. The first kappa shape index (κ1) is 22.4. The molecule has 1 saturated heterocycles. The molecule has 1 aromatic rings. The summed E-state index contributed by atoms with van der Waals surface area (Å²) < 4.78 is 17.5. The fourth-order valence-corrected chi connectivity index (χ4v) is 5.54. The molecule has 2 fully saturated rings. The van der Waals surface area contributed by atoms with E-state index in [1.807, 2.05) is 43.0 Å². The van der Waals surface area contributed by atoms with Crippen LogP contribution < -0.4 is 4.74 Å².